The van der Waals surface area contributed by atoms with E-state index in [2.05, 4.69) is 15.5 Å². The number of aromatic nitrogens is 4. The van der Waals surface area contributed by atoms with Crippen LogP contribution >= 0.6 is 11.8 Å². The topological polar surface area (TPSA) is 60.7 Å². The van der Waals surface area contributed by atoms with Gasteiger partial charge in [0.2, 0.25) is 5.16 Å². The number of thioether (sulfide) groups is 1. The van der Waals surface area contributed by atoms with Crippen LogP contribution < -0.4 is 0 Å². The van der Waals surface area contributed by atoms with Crippen molar-refractivity contribution < 1.29 is 4.79 Å². The van der Waals surface area contributed by atoms with Crippen molar-refractivity contribution in [3.8, 4) is 0 Å². The van der Waals surface area contributed by atoms with E-state index in [1.54, 1.807) is 4.68 Å². The van der Waals surface area contributed by atoms with Crippen LogP contribution in [0.2, 0.25) is 0 Å². The van der Waals surface area contributed by atoms with Crippen molar-refractivity contribution in [2.45, 2.75) is 50.6 Å². The molecule has 0 aliphatic heterocycles. The van der Waals surface area contributed by atoms with Crippen LogP contribution in [-0.2, 0) is 5.54 Å². The van der Waals surface area contributed by atoms with Crippen LogP contribution in [0.3, 0.4) is 0 Å². The zero-order valence-electron chi connectivity index (χ0n) is 13.0. The summed E-state index contributed by atoms with van der Waals surface area (Å²) in [4.78, 5) is 12.4. The Labute approximate surface area is 129 Å². The van der Waals surface area contributed by atoms with E-state index in [0.29, 0.717) is 5.16 Å². The fourth-order valence-electron chi connectivity index (χ4n) is 1.84. The third-order valence-corrected chi connectivity index (χ3v) is 4.10. The molecule has 0 bridgehead atoms. The van der Waals surface area contributed by atoms with Crippen LogP contribution in [0.25, 0.3) is 0 Å². The number of hydrogen-bond donors (Lipinski definition) is 0. The summed E-state index contributed by atoms with van der Waals surface area (Å²) in [6.45, 7) is 9.97. The van der Waals surface area contributed by atoms with Gasteiger partial charge in [-0.05, 0) is 45.0 Å². The van der Waals surface area contributed by atoms with E-state index in [4.69, 9.17) is 0 Å². The maximum Gasteiger partial charge on any atom is 0.210 e. The van der Waals surface area contributed by atoms with E-state index in [0.717, 1.165) is 11.1 Å². The summed E-state index contributed by atoms with van der Waals surface area (Å²) in [5.74, 6) is 0.0865. The molecule has 2 aromatic rings. The maximum atomic E-state index is 12.4. The molecular formula is C15H20N4OS. The minimum absolute atomic E-state index is 0.0865. The van der Waals surface area contributed by atoms with Gasteiger partial charge in [-0.2, -0.15) is 0 Å². The summed E-state index contributed by atoms with van der Waals surface area (Å²) in [6, 6.07) is 7.62. The minimum Gasteiger partial charge on any atom is -0.293 e. The van der Waals surface area contributed by atoms with Gasteiger partial charge < -0.3 is 0 Å². The second-order valence-corrected chi connectivity index (χ2v) is 7.34. The molecule has 0 aliphatic carbocycles. The first-order valence-corrected chi connectivity index (χ1v) is 7.73. The normalized spacial score (nSPS) is 13.2. The molecule has 0 aliphatic rings. The molecule has 5 nitrogen and oxygen atoms in total. The van der Waals surface area contributed by atoms with Gasteiger partial charge in [-0.1, -0.05) is 41.6 Å². The maximum absolute atomic E-state index is 12.4. The molecule has 0 radical (unpaired) electrons. The van der Waals surface area contributed by atoms with Crippen molar-refractivity contribution in [2.24, 2.45) is 0 Å². The lowest BCUT2D eigenvalue weighted by Crippen LogP contribution is -2.25. The summed E-state index contributed by atoms with van der Waals surface area (Å²) in [6.07, 6.45) is 0. The van der Waals surface area contributed by atoms with Crippen molar-refractivity contribution in [2.75, 3.05) is 0 Å². The second kappa shape index (κ2) is 5.97. The molecule has 0 amide bonds. The third-order valence-electron chi connectivity index (χ3n) is 3.06. The predicted octanol–water partition coefficient (Wildman–Crippen LogP) is 3.10. The average molecular weight is 304 g/mol. The molecule has 21 heavy (non-hydrogen) atoms. The van der Waals surface area contributed by atoms with Crippen LogP contribution in [-0.4, -0.2) is 31.2 Å². The predicted molar refractivity (Wildman–Crippen MR) is 83.6 cm³/mol. The van der Waals surface area contributed by atoms with E-state index in [-0.39, 0.29) is 16.6 Å². The molecule has 0 saturated heterocycles. The smallest absolute Gasteiger partial charge is 0.210 e. The number of carbonyl (C=O) groups excluding carboxylic acids is 1. The molecule has 1 atom stereocenters. The molecule has 0 N–H and O–H groups in total. The number of nitrogens with zero attached hydrogens (tertiary/aromatic N) is 4. The number of tetrazole rings is 1. The number of benzene rings is 1. The Morgan fingerprint density at radius 1 is 1.24 bits per heavy atom. The molecule has 1 unspecified atom stereocenters. The van der Waals surface area contributed by atoms with Crippen molar-refractivity contribution in [1.29, 1.82) is 0 Å². The van der Waals surface area contributed by atoms with Gasteiger partial charge in [-0.3, -0.25) is 4.79 Å². The van der Waals surface area contributed by atoms with Gasteiger partial charge in [0.25, 0.3) is 0 Å². The van der Waals surface area contributed by atoms with Gasteiger partial charge in [-0.25, -0.2) is 4.68 Å². The van der Waals surface area contributed by atoms with Crippen LogP contribution in [0.1, 0.15) is 43.6 Å². The lowest BCUT2D eigenvalue weighted by molar-refractivity contribution is 0.0993. The first kappa shape index (κ1) is 15.7. The summed E-state index contributed by atoms with van der Waals surface area (Å²) >= 11 is 1.39. The summed E-state index contributed by atoms with van der Waals surface area (Å²) in [7, 11) is 0. The Morgan fingerprint density at radius 3 is 2.43 bits per heavy atom. The second-order valence-electron chi connectivity index (χ2n) is 6.03. The van der Waals surface area contributed by atoms with Gasteiger partial charge in [-0.15, -0.1) is 5.10 Å². The highest BCUT2D eigenvalue weighted by molar-refractivity contribution is 8.00. The highest BCUT2D eigenvalue weighted by atomic mass is 32.2. The SMILES string of the molecule is Cc1ccc(C(=O)C(C)Sc2nnnn2C(C)(C)C)cc1. The average Bonchev–Trinajstić information content (AvgIpc) is 2.87. The number of carbonyl (C=O) groups is 1. The molecule has 1 aromatic carbocycles. The monoisotopic (exact) mass is 304 g/mol. The van der Waals surface area contributed by atoms with Crippen LogP contribution in [0.5, 0.6) is 0 Å². The molecule has 0 spiro atoms. The highest BCUT2D eigenvalue weighted by Gasteiger charge is 2.24. The first-order chi connectivity index (χ1) is 9.79. The standard InChI is InChI=1S/C15H20N4OS/c1-10-6-8-12(9-7-10)13(20)11(2)21-14-16-17-18-19(14)15(3,4)5/h6-9,11H,1-5H3. The fourth-order valence-corrected chi connectivity index (χ4v) is 2.89. The van der Waals surface area contributed by atoms with Gasteiger partial charge >= 0.3 is 0 Å². The number of aryl methyl sites for hydroxylation is 1. The van der Waals surface area contributed by atoms with Gasteiger partial charge in [0, 0.05) is 5.56 Å². The Morgan fingerprint density at radius 2 is 1.86 bits per heavy atom. The van der Waals surface area contributed by atoms with Gasteiger partial charge in [0.05, 0.1) is 10.8 Å². The highest BCUT2D eigenvalue weighted by Crippen LogP contribution is 2.26. The van der Waals surface area contributed by atoms with Crippen molar-refractivity contribution in [3.05, 3.63) is 35.4 Å². The van der Waals surface area contributed by atoms with E-state index >= 15 is 0 Å². The Kier molecular flexibility index (Phi) is 4.46. The molecular weight excluding hydrogens is 284 g/mol. The Hall–Kier alpha value is -1.69. The summed E-state index contributed by atoms with van der Waals surface area (Å²) < 4.78 is 1.75. The molecule has 1 heterocycles. The number of ketones is 1. The number of Topliss-reactive ketones (excluding diaryl/α,β-unsaturated/α-hetero) is 1. The fraction of sp³-hybridized carbons (Fsp3) is 0.467. The van der Waals surface area contributed by atoms with Crippen LogP contribution in [0.15, 0.2) is 29.4 Å². The zero-order valence-corrected chi connectivity index (χ0v) is 13.8. The molecule has 0 fully saturated rings. The van der Waals surface area contributed by atoms with Crippen molar-refractivity contribution in [1.82, 2.24) is 20.2 Å². The number of hydrogen-bond acceptors (Lipinski definition) is 5. The molecule has 0 saturated carbocycles. The van der Waals surface area contributed by atoms with Gasteiger partial charge in [0.1, 0.15) is 0 Å². The Balaban J connectivity index is 2.15. The van der Waals surface area contributed by atoms with Crippen LogP contribution in [0.4, 0.5) is 0 Å². The summed E-state index contributed by atoms with van der Waals surface area (Å²) in [5.41, 5.74) is 1.65. The van der Waals surface area contributed by atoms with E-state index in [1.807, 2.05) is 58.9 Å². The first-order valence-electron chi connectivity index (χ1n) is 6.85. The zero-order chi connectivity index (χ0) is 15.6. The molecule has 112 valence electrons. The molecule has 6 heteroatoms. The molecule has 2 rings (SSSR count). The molecule has 1 aromatic heterocycles. The van der Waals surface area contributed by atoms with E-state index < -0.39 is 0 Å². The lowest BCUT2D eigenvalue weighted by Gasteiger charge is -2.20. The quantitative estimate of drug-likeness (QED) is 0.641. The third kappa shape index (κ3) is 3.69. The minimum atomic E-state index is -0.236. The van der Waals surface area contributed by atoms with E-state index in [9.17, 15) is 4.79 Å². The van der Waals surface area contributed by atoms with Gasteiger partial charge in [0.15, 0.2) is 5.78 Å². The lowest BCUT2D eigenvalue weighted by atomic mass is 10.1. The van der Waals surface area contributed by atoms with Crippen molar-refractivity contribution in [3.63, 3.8) is 0 Å². The van der Waals surface area contributed by atoms with E-state index in [1.165, 1.54) is 11.8 Å². The summed E-state index contributed by atoms with van der Waals surface area (Å²) in [5, 5.41) is 12.2. The Bertz CT molecular complexity index is 628. The van der Waals surface area contributed by atoms with Crippen LogP contribution in [0, 0.1) is 6.92 Å². The largest absolute Gasteiger partial charge is 0.293 e. The van der Waals surface area contributed by atoms with Crippen molar-refractivity contribution >= 4 is 17.5 Å². The number of rotatable bonds is 4.